The van der Waals surface area contributed by atoms with E-state index in [-0.39, 0.29) is 12.5 Å². The van der Waals surface area contributed by atoms with E-state index in [2.05, 4.69) is 42.2 Å². The van der Waals surface area contributed by atoms with Crippen LogP contribution in [0.15, 0.2) is 22.7 Å². The molecule has 0 bridgehead atoms. The van der Waals surface area contributed by atoms with Crippen LogP contribution in [0.5, 0.6) is 0 Å². The summed E-state index contributed by atoms with van der Waals surface area (Å²) in [7, 11) is 0. The fourth-order valence-corrected chi connectivity index (χ4v) is 1.78. The minimum Gasteiger partial charge on any atom is -0.387 e. The van der Waals surface area contributed by atoms with Gasteiger partial charge in [-0.05, 0) is 19.4 Å². The summed E-state index contributed by atoms with van der Waals surface area (Å²) in [5.74, 6) is 0.869. The largest absolute Gasteiger partial charge is 0.387 e. The molecule has 0 aliphatic heterocycles. The quantitative estimate of drug-likeness (QED) is 0.853. The van der Waals surface area contributed by atoms with Crippen molar-refractivity contribution in [2.45, 2.75) is 26.9 Å². The summed E-state index contributed by atoms with van der Waals surface area (Å²) < 4.78 is 4.84. The van der Waals surface area contributed by atoms with Crippen LogP contribution in [-0.2, 0) is 13.0 Å². The highest BCUT2D eigenvalue weighted by molar-refractivity contribution is 5.30. The smallest absolute Gasteiger partial charge is 0.252 e. The fraction of sp³-hybridized carbons (Fsp3) is 0.333. The lowest BCUT2D eigenvalue weighted by Crippen LogP contribution is -1.93. The van der Waals surface area contributed by atoms with Crippen molar-refractivity contribution in [3.63, 3.8) is 0 Å². The summed E-state index contributed by atoms with van der Waals surface area (Å²) in [5, 5.41) is 12.6. The van der Waals surface area contributed by atoms with Crippen LogP contribution in [0, 0.1) is 13.8 Å². The Labute approximate surface area is 93.9 Å². The summed E-state index contributed by atoms with van der Waals surface area (Å²) in [6, 6.07) is 6.32. The maximum atomic E-state index is 8.81. The lowest BCUT2D eigenvalue weighted by Gasteiger charge is -2.01. The molecule has 0 spiro atoms. The lowest BCUT2D eigenvalue weighted by atomic mass is 10.1. The van der Waals surface area contributed by atoms with Gasteiger partial charge < -0.3 is 9.63 Å². The topological polar surface area (TPSA) is 59.2 Å². The van der Waals surface area contributed by atoms with E-state index in [1.165, 1.54) is 11.1 Å². The Bertz CT molecular complexity index is 471. The minimum atomic E-state index is -0.208. The van der Waals surface area contributed by atoms with Crippen LogP contribution < -0.4 is 0 Å². The fourth-order valence-electron chi connectivity index (χ4n) is 1.78. The first-order valence-electron chi connectivity index (χ1n) is 5.17. The maximum Gasteiger partial charge on any atom is 0.252 e. The molecular weight excluding hydrogens is 204 g/mol. The maximum absolute atomic E-state index is 8.81. The van der Waals surface area contributed by atoms with Crippen molar-refractivity contribution < 1.29 is 9.63 Å². The van der Waals surface area contributed by atoms with Gasteiger partial charge in [0, 0.05) is 6.42 Å². The molecule has 1 heterocycles. The Balaban J connectivity index is 2.19. The average Bonchev–Trinajstić information content (AvgIpc) is 2.64. The second-order valence-corrected chi connectivity index (χ2v) is 3.94. The molecule has 0 fully saturated rings. The molecule has 0 aliphatic rings. The zero-order valence-corrected chi connectivity index (χ0v) is 9.40. The van der Waals surface area contributed by atoms with E-state index in [0.717, 1.165) is 5.56 Å². The number of nitrogens with zero attached hydrogens (tertiary/aromatic N) is 2. The van der Waals surface area contributed by atoms with Crippen LogP contribution in [0.2, 0.25) is 0 Å². The number of aliphatic hydroxyl groups is 1. The first-order valence-corrected chi connectivity index (χ1v) is 5.17. The van der Waals surface area contributed by atoms with Gasteiger partial charge in [0.25, 0.3) is 5.89 Å². The number of aryl methyl sites for hydroxylation is 2. The summed E-state index contributed by atoms with van der Waals surface area (Å²) in [6.45, 7) is 3.91. The SMILES string of the molecule is Cc1cc(C)cc(Cc2noc(CO)n2)c1. The summed E-state index contributed by atoms with van der Waals surface area (Å²) in [6.07, 6.45) is 0.631. The second kappa shape index (κ2) is 4.45. The van der Waals surface area contributed by atoms with E-state index in [1.807, 2.05) is 0 Å². The van der Waals surface area contributed by atoms with Crippen molar-refractivity contribution in [1.29, 1.82) is 0 Å². The summed E-state index contributed by atoms with van der Waals surface area (Å²) in [5.41, 5.74) is 3.60. The van der Waals surface area contributed by atoms with Crippen LogP contribution in [-0.4, -0.2) is 15.2 Å². The molecule has 1 N–H and O–H groups in total. The number of hydrogen-bond acceptors (Lipinski definition) is 4. The second-order valence-electron chi connectivity index (χ2n) is 3.94. The molecule has 4 heteroatoms. The molecule has 0 saturated heterocycles. The molecule has 1 aromatic heterocycles. The van der Waals surface area contributed by atoms with Crippen molar-refractivity contribution in [2.24, 2.45) is 0 Å². The molecule has 2 aromatic rings. The van der Waals surface area contributed by atoms with Crippen LogP contribution in [0.4, 0.5) is 0 Å². The number of hydrogen-bond donors (Lipinski definition) is 1. The Hall–Kier alpha value is -1.68. The molecule has 0 amide bonds. The Morgan fingerprint density at radius 1 is 1.19 bits per heavy atom. The molecule has 2 rings (SSSR count). The normalized spacial score (nSPS) is 10.7. The molecule has 0 unspecified atom stereocenters. The predicted molar refractivity (Wildman–Crippen MR) is 58.9 cm³/mol. The van der Waals surface area contributed by atoms with Crippen LogP contribution >= 0.6 is 0 Å². The molecule has 0 aliphatic carbocycles. The van der Waals surface area contributed by atoms with Gasteiger partial charge in [-0.25, -0.2) is 0 Å². The van der Waals surface area contributed by atoms with Crippen molar-refractivity contribution in [1.82, 2.24) is 10.1 Å². The molecule has 84 valence electrons. The van der Waals surface area contributed by atoms with Gasteiger partial charge in [-0.3, -0.25) is 0 Å². The predicted octanol–water partition coefficient (Wildman–Crippen LogP) is 1.77. The average molecular weight is 218 g/mol. The van der Waals surface area contributed by atoms with Crippen molar-refractivity contribution in [2.75, 3.05) is 0 Å². The monoisotopic (exact) mass is 218 g/mol. The third-order valence-corrected chi connectivity index (χ3v) is 2.29. The highest BCUT2D eigenvalue weighted by Gasteiger charge is 2.06. The lowest BCUT2D eigenvalue weighted by molar-refractivity contribution is 0.222. The Morgan fingerprint density at radius 2 is 1.88 bits per heavy atom. The molecule has 4 nitrogen and oxygen atoms in total. The van der Waals surface area contributed by atoms with E-state index in [9.17, 15) is 0 Å². The Kier molecular flexibility index (Phi) is 3.01. The zero-order chi connectivity index (χ0) is 11.5. The standard InChI is InChI=1S/C12H14N2O2/c1-8-3-9(2)5-10(4-8)6-11-13-12(7-15)16-14-11/h3-5,15H,6-7H2,1-2H3. The van der Waals surface area contributed by atoms with E-state index in [4.69, 9.17) is 9.63 Å². The molecule has 0 radical (unpaired) electrons. The van der Waals surface area contributed by atoms with Crippen molar-refractivity contribution >= 4 is 0 Å². The highest BCUT2D eigenvalue weighted by Crippen LogP contribution is 2.12. The van der Waals surface area contributed by atoms with Crippen LogP contribution in [0.3, 0.4) is 0 Å². The van der Waals surface area contributed by atoms with Crippen LogP contribution in [0.1, 0.15) is 28.4 Å². The summed E-state index contributed by atoms with van der Waals surface area (Å²) >= 11 is 0. The molecule has 0 atom stereocenters. The van der Waals surface area contributed by atoms with Gasteiger partial charge in [-0.1, -0.05) is 34.5 Å². The van der Waals surface area contributed by atoms with Crippen molar-refractivity contribution in [3.05, 3.63) is 46.6 Å². The third kappa shape index (κ3) is 2.46. The van der Waals surface area contributed by atoms with E-state index in [0.29, 0.717) is 12.2 Å². The molecule has 1 aromatic carbocycles. The number of benzene rings is 1. The number of aliphatic hydroxyl groups excluding tert-OH is 1. The van der Waals surface area contributed by atoms with Gasteiger partial charge in [0.1, 0.15) is 6.61 Å². The van der Waals surface area contributed by atoms with Gasteiger partial charge in [-0.15, -0.1) is 0 Å². The van der Waals surface area contributed by atoms with Gasteiger partial charge in [-0.2, -0.15) is 4.98 Å². The minimum absolute atomic E-state index is 0.208. The molecular formula is C12H14N2O2. The first kappa shape index (κ1) is 10.8. The Morgan fingerprint density at radius 3 is 2.44 bits per heavy atom. The van der Waals surface area contributed by atoms with Gasteiger partial charge >= 0.3 is 0 Å². The number of rotatable bonds is 3. The van der Waals surface area contributed by atoms with Gasteiger partial charge in [0.15, 0.2) is 5.82 Å². The van der Waals surface area contributed by atoms with Gasteiger partial charge in [0.2, 0.25) is 0 Å². The summed E-state index contributed by atoms with van der Waals surface area (Å²) in [4.78, 5) is 4.06. The molecule has 16 heavy (non-hydrogen) atoms. The third-order valence-electron chi connectivity index (χ3n) is 2.29. The zero-order valence-electron chi connectivity index (χ0n) is 9.40. The van der Waals surface area contributed by atoms with Crippen LogP contribution in [0.25, 0.3) is 0 Å². The van der Waals surface area contributed by atoms with Crippen molar-refractivity contribution in [3.8, 4) is 0 Å². The first-order chi connectivity index (χ1) is 7.67. The van der Waals surface area contributed by atoms with E-state index < -0.39 is 0 Å². The number of aromatic nitrogens is 2. The van der Waals surface area contributed by atoms with E-state index in [1.54, 1.807) is 0 Å². The van der Waals surface area contributed by atoms with Gasteiger partial charge in [0.05, 0.1) is 0 Å². The van der Waals surface area contributed by atoms with E-state index >= 15 is 0 Å². The molecule has 0 saturated carbocycles. The highest BCUT2D eigenvalue weighted by atomic mass is 16.5.